The Morgan fingerprint density at radius 3 is 2.65 bits per heavy atom. The van der Waals surface area contributed by atoms with Gasteiger partial charge in [0.25, 0.3) is 0 Å². The molecule has 20 heavy (non-hydrogen) atoms. The van der Waals surface area contributed by atoms with E-state index in [0.29, 0.717) is 17.1 Å². The van der Waals surface area contributed by atoms with Gasteiger partial charge in [-0.1, -0.05) is 6.07 Å². The Kier molecular flexibility index (Phi) is 4.35. The second kappa shape index (κ2) is 6.19. The number of hydrogen-bond donors (Lipinski definition) is 0. The van der Waals surface area contributed by atoms with E-state index < -0.39 is 0 Å². The lowest BCUT2D eigenvalue weighted by atomic mass is 10.0. The molecular weight excluding hydrogens is 254 g/mol. The molecule has 1 aromatic heterocycles. The second-order valence-corrected chi connectivity index (χ2v) is 4.43. The van der Waals surface area contributed by atoms with Gasteiger partial charge in [-0.2, -0.15) is 0 Å². The summed E-state index contributed by atoms with van der Waals surface area (Å²) < 4.78 is 10.4. The van der Waals surface area contributed by atoms with Crippen LogP contribution in [0.3, 0.4) is 0 Å². The highest BCUT2D eigenvalue weighted by molar-refractivity contribution is 6.00. The molecule has 0 unspecified atom stereocenters. The van der Waals surface area contributed by atoms with Crippen molar-refractivity contribution in [1.82, 2.24) is 4.98 Å². The molecular formula is C16H17NO3. The van der Waals surface area contributed by atoms with Gasteiger partial charge in [0, 0.05) is 6.20 Å². The number of methoxy groups -OCH3 is 2. The van der Waals surface area contributed by atoms with E-state index >= 15 is 0 Å². The Bertz CT molecular complexity index is 623. The molecule has 0 atom stereocenters. The summed E-state index contributed by atoms with van der Waals surface area (Å²) in [5.74, 6) is 1.14. The normalized spacial score (nSPS) is 10.2. The average Bonchev–Trinajstić information content (AvgIpc) is 2.48. The number of hydrogen-bond acceptors (Lipinski definition) is 4. The number of nitrogens with zero attached hydrogens (tertiary/aromatic N) is 1. The van der Waals surface area contributed by atoms with Crippen LogP contribution >= 0.6 is 0 Å². The highest BCUT2D eigenvalue weighted by atomic mass is 16.5. The Morgan fingerprint density at radius 1 is 1.20 bits per heavy atom. The molecule has 2 rings (SSSR count). The van der Waals surface area contributed by atoms with Gasteiger partial charge in [0.2, 0.25) is 0 Å². The standard InChI is InChI=1S/C16H17NO3/c1-11-5-4-8-17-14(11)10-15(18)13-9-12(19-2)6-7-16(13)20-3/h4-9H,10H2,1-3H3. The minimum Gasteiger partial charge on any atom is -0.497 e. The van der Waals surface area contributed by atoms with Crippen LogP contribution in [0, 0.1) is 6.92 Å². The van der Waals surface area contributed by atoms with Gasteiger partial charge in [-0.15, -0.1) is 0 Å². The number of benzene rings is 1. The van der Waals surface area contributed by atoms with E-state index in [9.17, 15) is 4.79 Å². The van der Waals surface area contributed by atoms with Gasteiger partial charge in [0.05, 0.1) is 31.9 Å². The molecule has 0 amide bonds. The predicted octanol–water partition coefficient (Wildman–Crippen LogP) is 2.83. The number of carbonyl (C=O) groups excluding carboxylic acids is 1. The SMILES string of the molecule is COc1ccc(OC)c(C(=O)Cc2ncccc2C)c1. The molecule has 0 N–H and O–H groups in total. The number of ether oxygens (including phenoxy) is 2. The van der Waals surface area contributed by atoms with Crippen LogP contribution in [0.15, 0.2) is 36.5 Å². The van der Waals surface area contributed by atoms with Gasteiger partial charge >= 0.3 is 0 Å². The molecule has 0 spiro atoms. The zero-order valence-electron chi connectivity index (χ0n) is 11.8. The Labute approximate surface area is 118 Å². The summed E-state index contributed by atoms with van der Waals surface area (Å²) in [6.07, 6.45) is 1.94. The van der Waals surface area contributed by atoms with E-state index in [1.54, 1.807) is 38.6 Å². The lowest BCUT2D eigenvalue weighted by Gasteiger charge is -2.10. The minimum atomic E-state index is -0.0393. The number of rotatable bonds is 5. The predicted molar refractivity (Wildman–Crippen MR) is 76.6 cm³/mol. The molecule has 0 aliphatic rings. The molecule has 2 aromatic rings. The van der Waals surface area contributed by atoms with Crippen LogP contribution in [-0.2, 0) is 6.42 Å². The smallest absolute Gasteiger partial charge is 0.172 e. The molecule has 0 aliphatic carbocycles. The van der Waals surface area contributed by atoms with E-state index in [4.69, 9.17) is 9.47 Å². The molecule has 0 fully saturated rings. The van der Waals surface area contributed by atoms with Gasteiger partial charge in [0.1, 0.15) is 11.5 Å². The number of pyridine rings is 1. The Balaban J connectivity index is 2.31. The summed E-state index contributed by atoms with van der Waals surface area (Å²) in [6.45, 7) is 1.94. The number of ketones is 1. The maximum atomic E-state index is 12.4. The molecule has 4 heteroatoms. The fourth-order valence-corrected chi connectivity index (χ4v) is 1.98. The van der Waals surface area contributed by atoms with Crippen molar-refractivity contribution in [3.8, 4) is 11.5 Å². The first-order valence-corrected chi connectivity index (χ1v) is 6.31. The second-order valence-electron chi connectivity index (χ2n) is 4.43. The van der Waals surface area contributed by atoms with Gasteiger partial charge in [0.15, 0.2) is 5.78 Å². The molecule has 1 aromatic carbocycles. The van der Waals surface area contributed by atoms with Gasteiger partial charge in [-0.25, -0.2) is 0 Å². The maximum Gasteiger partial charge on any atom is 0.172 e. The summed E-state index contributed by atoms with van der Waals surface area (Å²) in [4.78, 5) is 16.7. The fraction of sp³-hybridized carbons (Fsp3) is 0.250. The van der Waals surface area contributed by atoms with E-state index in [0.717, 1.165) is 11.3 Å². The van der Waals surface area contributed by atoms with Crippen LogP contribution in [0.1, 0.15) is 21.6 Å². The Hall–Kier alpha value is -2.36. The van der Waals surface area contributed by atoms with Crippen molar-refractivity contribution in [2.45, 2.75) is 13.3 Å². The molecule has 0 aliphatic heterocycles. The third-order valence-corrected chi connectivity index (χ3v) is 3.15. The number of Topliss-reactive ketones (excluding diaryl/α,β-unsaturated/α-hetero) is 1. The molecule has 104 valence electrons. The summed E-state index contributed by atoms with van der Waals surface area (Å²) in [5.41, 5.74) is 2.29. The first-order chi connectivity index (χ1) is 9.65. The van der Waals surface area contributed by atoms with Crippen LogP contribution in [0.5, 0.6) is 11.5 Å². The maximum absolute atomic E-state index is 12.4. The lowest BCUT2D eigenvalue weighted by Crippen LogP contribution is -2.08. The molecule has 0 saturated heterocycles. The summed E-state index contributed by atoms with van der Waals surface area (Å²) in [6, 6.07) is 8.99. The van der Waals surface area contributed by atoms with Gasteiger partial charge in [-0.05, 0) is 36.8 Å². The molecule has 0 radical (unpaired) electrons. The zero-order chi connectivity index (χ0) is 14.5. The first kappa shape index (κ1) is 14.1. The Morgan fingerprint density at radius 2 is 2.00 bits per heavy atom. The first-order valence-electron chi connectivity index (χ1n) is 6.31. The molecule has 1 heterocycles. The van der Waals surface area contributed by atoms with E-state index in [-0.39, 0.29) is 12.2 Å². The van der Waals surface area contributed by atoms with Crippen LogP contribution in [-0.4, -0.2) is 25.0 Å². The topological polar surface area (TPSA) is 48.4 Å². The van der Waals surface area contributed by atoms with Crippen molar-refractivity contribution in [1.29, 1.82) is 0 Å². The van der Waals surface area contributed by atoms with E-state index in [2.05, 4.69) is 4.98 Å². The van der Waals surface area contributed by atoms with Crippen LogP contribution < -0.4 is 9.47 Å². The van der Waals surface area contributed by atoms with Crippen molar-refractivity contribution in [2.24, 2.45) is 0 Å². The largest absolute Gasteiger partial charge is 0.497 e. The summed E-state index contributed by atoms with van der Waals surface area (Å²) in [5, 5.41) is 0. The van der Waals surface area contributed by atoms with Gasteiger partial charge in [-0.3, -0.25) is 9.78 Å². The monoisotopic (exact) mass is 271 g/mol. The minimum absolute atomic E-state index is 0.0393. The quantitative estimate of drug-likeness (QED) is 0.785. The lowest BCUT2D eigenvalue weighted by molar-refractivity contribution is 0.0988. The molecule has 0 bridgehead atoms. The summed E-state index contributed by atoms with van der Waals surface area (Å²) >= 11 is 0. The van der Waals surface area contributed by atoms with Crippen molar-refractivity contribution in [3.05, 3.63) is 53.3 Å². The van der Waals surface area contributed by atoms with Crippen LogP contribution in [0.4, 0.5) is 0 Å². The molecule has 0 saturated carbocycles. The molecule has 4 nitrogen and oxygen atoms in total. The third-order valence-electron chi connectivity index (χ3n) is 3.15. The zero-order valence-corrected chi connectivity index (χ0v) is 11.8. The van der Waals surface area contributed by atoms with E-state index in [1.165, 1.54) is 0 Å². The summed E-state index contributed by atoms with van der Waals surface area (Å²) in [7, 11) is 3.11. The number of aromatic nitrogens is 1. The highest BCUT2D eigenvalue weighted by Gasteiger charge is 2.15. The van der Waals surface area contributed by atoms with Crippen molar-refractivity contribution in [2.75, 3.05) is 14.2 Å². The van der Waals surface area contributed by atoms with Crippen molar-refractivity contribution < 1.29 is 14.3 Å². The van der Waals surface area contributed by atoms with Gasteiger partial charge < -0.3 is 9.47 Å². The van der Waals surface area contributed by atoms with E-state index in [1.807, 2.05) is 19.1 Å². The number of carbonyl (C=O) groups is 1. The highest BCUT2D eigenvalue weighted by Crippen LogP contribution is 2.25. The third kappa shape index (κ3) is 2.96. The average molecular weight is 271 g/mol. The van der Waals surface area contributed by atoms with Crippen molar-refractivity contribution >= 4 is 5.78 Å². The fourth-order valence-electron chi connectivity index (χ4n) is 1.98. The van der Waals surface area contributed by atoms with Crippen LogP contribution in [0.25, 0.3) is 0 Å². The van der Waals surface area contributed by atoms with Crippen LogP contribution in [0.2, 0.25) is 0 Å². The number of aryl methyl sites for hydroxylation is 1. The van der Waals surface area contributed by atoms with Crippen molar-refractivity contribution in [3.63, 3.8) is 0 Å².